The molecule has 2 aromatic rings. The lowest BCUT2D eigenvalue weighted by atomic mass is 10.2. The predicted molar refractivity (Wildman–Crippen MR) is 71.9 cm³/mol. The summed E-state index contributed by atoms with van der Waals surface area (Å²) in [5.74, 6) is 0.266. The number of hydrogen-bond donors (Lipinski definition) is 1. The van der Waals surface area contributed by atoms with Gasteiger partial charge in [-0.25, -0.2) is 0 Å². The maximum Gasteiger partial charge on any atom is 0.255 e. The van der Waals surface area contributed by atoms with E-state index in [1.165, 1.54) is 0 Å². The van der Waals surface area contributed by atoms with E-state index in [2.05, 4.69) is 5.32 Å². The van der Waals surface area contributed by atoms with E-state index in [4.69, 9.17) is 10.00 Å². The first-order valence-corrected chi connectivity index (χ1v) is 5.76. The smallest absolute Gasteiger partial charge is 0.255 e. The molecule has 0 aliphatic carbocycles. The van der Waals surface area contributed by atoms with Gasteiger partial charge in [0.2, 0.25) is 0 Å². The molecule has 2 rings (SSSR count). The zero-order valence-corrected chi connectivity index (χ0v) is 10.2. The Morgan fingerprint density at radius 2 is 1.79 bits per heavy atom. The third kappa shape index (κ3) is 3.33. The summed E-state index contributed by atoms with van der Waals surface area (Å²) in [5, 5.41) is 11.3. The maximum atomic E-state index is 12.0. The minimum atomic E-state index is -0.214. The molecule has 0 fully saturated rings. The SMILES string of the molecule is N#CCOc1ccccc1NC(=O)c1ccccc1. The summed E-state index contributed by atoms with van der Waals surface area (Å²) in [5.41, 5.74) is 1.11. The van der Waals surface area contributed by atoms with Crippen molar-refractivity contribution >= 4 is 11.6 Å². The Kier molecular flexibility index (Phi) is 4.14. The average Bonchev–Trinajstić information content (AvgIpc) is 2.47. The van der Waals surface area contributed by atoms with Gasteiger partial charge >= 0.3 is 0 Å². The molecule has 2 aromatic carbocycles. The number of hydrogen-bond acceptors (Lipinski definition) is 3. The topological polar surface area (TPSA) is 62.1 Å². The average molecular weight is 252 g/mol. The van der Waals surface area contributed by atoms with E-state index in [1.807, 2.05) is 12.1 Å². The molecule has 0 bridgehead atoms. The van der Waals surface area contributed by atoms with Crippen molar-refractivity contribution in [3.63, 3.8) is 0 Å². The van der Waals surface area contributed by atoms with Gasteiger partial charge in [-0.1, -0.05) is 30.3 Å². The number of nitriles is 1. The van der Waals surface area contributed by atoms with Crippen molar-refractivity contribution < 1.29 is 9.53 Å². The molecule has 1 N–H and O–H groups in total. The van der Waals surface area contributed by atoms with Crippen LogP contribution in [0.25, 0.3) is 0 Å². The number of ether oxygens (including phenoxy) is 1. The first-order valence-electron chi connectivity index (χ1n) is 5.76. The van der Waals surface area contributed by atoms with Crippen molar-refractivity contribution in [1.82, 2.24) is 0 Å². The van der Waals surface area contributed by atoms with Crippen LogP contribution in [0.15, 0.2) is 54.6 Å². The first kappa shape index (κ1) is 12.7. The van der Waals surface area contributed by atoms with Gasteiger partial charge in [0.15, 0.2) is 6.61 Å². The number of carbonyl (C=O) groups excluding carboxylic acids is 1. The number of benzene rings is 2. The van der Waals surface area contributed by atoms with E-state index < -0.39 is 0 Å². The molecule has 0 unspecified atom stereocenters. The molecule has 0 aromatic heterocycles. The molecule has 4 nitrogen and oxygen atoms in total. The lowest BCUT2D eigenvalue weighted by molar-refractivity contribution is 0.102. The Bertz CT molecular complexity index is 603. The molecular formula is C15H12N2O2. The summed E-state index contributed by atoms with van der Waals surface area (Å²) in [6.07, 6.45) is 0. The largest absolute Gasteiger partial charge is 0.477 e. The minimum Gasteiger partial charge on any atom is -0.477 e. The van der Waals surface area contributed by atoms with E-state index in [-0.39, 0.29) is 12.5 Å². The second-order valence-corrected chi connectivity index (χ2v) is 3.76. The summed E-state index contributed by atoms with van der Waals surface area (Å²) in [4.78, 5) is 12.0. The van der Waals surface area contributed by atoms with Crippen LogP contribution < -0.4 is 10.1 Å². The van der Waals surface area contributed by atoms with E-state index >= 15 is 0 Å². The molecule has 0 heterocycles. The number of nitrogens with zero attached hydrogens (tertiary/aromatic N) is 1. The summed E-state index contributed by atoms with van der Waals surface area (Å²) in [7, 11) is 0. The van der Waals surface area contributed by atoms with Crippen LogP contribution in [0.3, 0.4) is 0 Å². The summed E-state index contributed by atoms with van der Waals surface area (Å²) in [6, 6.07) is 17.8. The van der Waals surface area contributed by atoms with Gasteiger partial charge < -0.3 is 10.1 Å². The molecular weight excluding hydrogens is 240 g/mol. The lowest BCUT2D eigenvalue weighted by Crippen LogP contribution is -2.12. The molecule has 94 valence electrons. The summed E-state index contributed by atoms with van der Waals surface area (Å²) >= 11 is 0. The van der Waals surface area contributed by atoms with Gasteiger partial charge in [-0.3, -0.25) is 4.79 Å². The molecule has 0 atom stereocenters. The quantitative estimate of drug-likeness (QED) is 0.910. The highest BCUT2D eigenvalue weighted by molar-refractivity contribution is 6.04. The Morgan fingerprint density at radius 3 is 2.53 bits per heavy atom. The molecule has 0 aliphatic rings. The van der Waals surface area contributed by atoms with Crippen molar-refractivity contribution in [2.45, 2.75) is 0 Å². The fourth-order valence-corrected chi connectivity index (χ4v) is 1.59. The second kappa shape index (κ2) is 6.22. The van der Waals surface area contributed by atoms with E-state index in [0.717, 1.165) is 0 Å². The number of carbonyl (C=O) groups is 1. The Hall–Kier alpha value is -2.80. The standard InChI is InChI=1S/C15H12N2O2/c16-10-11-19-14-9-5-4-8-13(14)17-15(18)12-6-2-1-3-7-12/h1-9H,11H2,(H,17,18). The Morgan fingerprint density at radius 1 is 1.11 bits per heavy atom. The number of para-hydroxylation sites is 2. The van der Waals surface area contributed by atoms with E-state index in [9.17, 15) is 4.79 Å². The van der Waals surface area contributed by atoms with Crippen molar-refractivity contribution in [1.29, 1.82) is 5.26 Å². The van der Waals surface area contributed by atoms with Gasteiger partial charge in [0, 0.05) is 5.56 Å². The van der Waals surface area contributed by atoms with E-state index in [0.29, 0.717) is 17.0 Å². The number of rotatable bonds is 4. The third-order valence-electron chi connectivity index (χ3n) is 2.46. The first-order chi connectivity index (χ1) is 9.31. The fraction of sp³-hybridized carbons (Fsp3) is 0.0667. The fourth-order valence-electron chi connectivity index (χ4n) is 1.59. The van der Waals surface area contributed by atoms with E-state index in [1.54, 1.807) is 48.5 Å². The van der Waals surface area contributed by atoms with Crippen molar-refractivity contribution in [3.8, 4) is 11.8 Å². The van der Waals surface area contributed by atoms with Gasteiger partial charge in [-0.2, -0.15) is 5.26 Å². The third-order valence-corrected chi connectivity index (χ3v) is 2.46. The highest BCUT2D eigenvalue weighted by atomic mass is 16.5. The van der Waals surface area contributed by atoms with Crippen LogP contribution in [0.5, 0.6) is 5.75 Å². The van der Waals surface area contributed by atoms with Crippen molar-refractivity contribution in [2.75, 3.05) is 11.9 Å². The maximum absolute atomic E-state index is 12.0. The number of anilines is 1. The van der Waals surface area contributed by atoms with Gasteiger partial charge in [0.1, 0.15) is 11.8 Å². The molecule has 0 saturated heterocycles. The van der Waals surface area contributed by atoms with Gasteiger partial charge in [-0.15, -0.1) is 0 Å². The normalized spacial score (nSPS) is 9.42. The molecule has 19 heavy (non-hydrogen) atoms. The Labute approximate surface area is 111 Å². The molecule has 0 aliphatic heterocycles. The van der Waals surface area contributed by atoms with Crippen molar-refractivity contribution in [3.05, 3.63) is 60.2 Å². The zero-order valence-electron chi connectivity index (χ0n) is 10.2. The van der Waals surface area contributed by atoms with Crippen LogP contribution in [-0.4, -0.2) is 12.5 Å². The van der Waals surface area contributed by atoms with Gasteiger partial charge in [0.05, 0.1) is 5.69 Å². The van der Waals surface area contributed by atoms with Crippen LogP contribution in [0.4, 0.5) is 5.69 Å². The van der Waals surface area contributed by atoms with Crippen LogP contribution in [0, 0.1) is 11.3 Å². The van der Waals surface area contributed by atoms with Crippen LogP contribution in [-0.2, 0) is 0 Å². The molecule has 4 heteroatoms. The predicted octanol–water partition coefficient (Wildman–Crippen LogP) is 2.84. The molecule has 1 amide bonds. The van der Waals surface area contributed by atoms with Crippen molar-refractivity contribution in [2.24, 2.45) is 0 Å². The summed E-state index contributed by atoms with van der Waals surface area (Å²) in [6.45, 7) is -0.0573. The monoisotopic (exact) mass is 252 g/mol. The molecule has 0 radical (unpaired) electrons. The lowest BCUT2D eigenvalue weighted by Gasteiger charge is -2.10. The van der Waals surface area contributed by atoms with Crippen LogP contribution in [0.1, 0.15) is 10.4 Å². The zero-order chi connectivity index (χ0) is 13.5. The van der Waals surface area contributed by atoms with Crippen LogP contribution >= 0.6 is 0 Å². The molecule has 0 saturated carbocycles. The van der Waals surface area contributed by atoms with Crippen LogP contribution in [0.2, 0.25) is 0 Å². The number of amides is 1. The van der Waals surface area contributed by atoms with Gasteiger partial charge in [0.25, 0.3) is 5.91 Å². The second-order valence-electron chi connectivity index (χ2n) is 3.76. The molecule has 0 spiro atoms. The summed E-state index contributed by atoms with van der Waals surface area (Å²) < 4.78 is 5.25. The highest BCUT2D eigenvalue weighted by Crippen LogP contribution is 2.24. The Balaban J connectivity index is 2.15. The minimum absolute atomic E-state index is 0.0573. The highest BCUT2D eigenvalue weighted by Gasteiger charge is 2.08. The number of nitrogens with one attached hydrogen (secondary N) is 1. The van der Waals surface area contributed by atoms with Gasteiger partial charge in [-0.05, 0) is 24.3 Å².